The minimum atomic E-state index is -3.09. The van der Waals surface area contributed by atoms with Gasteiger partial charge in [-0.05, 0) is 30.3 Å². The molecule has 0 spiro atoms. The fraction of sp³-hybridized carbons (Fsp3) is 0.211. The number of anilines is 1. The van der Waals surface area contributed by atoms with Gasteiger partial charge in [0.2, 0.25) is 5.91 Å². The van der Waals surface area contributed by atoms with Gasteiger partial charge in [-0.1, -0.05) is 12.1 Å². The molecule has 0 fully saturated rings. The van der Waals surface area contributed by atoms with Crippen LogP contribution in [-0.4, -0.2) is 38.0 Å². The minimum Gasteiger partial charge on any atom is -0.493 e. The van der Waals surface area contributed by atoms with Crippen LogP contribution in [0, 0.1) is 0 Å². The molecule has 0 aliphatic carbocycles. The Morgan fingerprint density at radius 1 is 1.07 bits per heavy atom. The third-order valence-corrected chi connectivity index (χ3v) is 3.72. The number of primary amides is 1. The number of halogens is 2. The quantitative estimate of drug-likeness (QED) is 0.588. The van der Waals surface area contributed by atoms with Crippen LogP contribution in [0.3, 0.4) is 0 Å². The van der Waals surface area contributed by atoms with Crippen LogP contribution in [0.4, 0.5) is 14.5 Å². The number of amides is 3. The van der Waals surface area contributed by atoms with Gasteiger partial charge in [0, 0.05) is 18.5 Å². The van der Waals surface area contributed by atoms with Crippen LogP contribution in [-0.2, 0) is 4.79 Å². The zero-order valence-electron chi connectivity index (χ0n) is 15.4. The van der Waals surface area contributed by atoms with Crippen LogP contribution in [0.2, 0.25) is 0 Å². The van der Waals surface area contributed by atoms with Crippen LogP contribution >= 0.6 is 0 Å². The first-order chi connectivity index (χ1) is 13.8. The number of rotatable bonds is 9. The number of hydrogen-bond acceptors (Lipinski definition) is 5. The molecule has 2 rings (SSSR count). The molecule has 2 aromatic rings. The van der Waals surface area contributed by atoms with E-state index < -0.39 is 24.3 Å². The highest BCUT2D eigenvalue weighted by Crippen LogP contribution is 2.30. The summed E-state index contributed by atoms with van der Waals surface area (Å²) in [5, 5.41) is 5.07. The summed E-state index contributed by atoms with van der Waals surface area (Å²) >= 11 is 0. The van der Waals surface area contributed by atoms with Crippen LogP contribution < -0.4 is 25.8 Å². The van der Waals surface area contributed by atoms with Gasteiger partial charge >= 0.3 is 6.61 Å². The zero-order valence-corrected chi connectivity index (χ0v) is 15.4. The number of ether oxygens (including phenoxy) is 2. The average Bonchev–Trinajstić information content (AvgIpc) is 2.67. The van der Waals surface area contributed by atoms with Gasteiger partial charge in [0.05, 0.1) is 18.4 Å². The van der Waals surface area contributed by atoms with Crippen molar-refractivity contribution in [2.45, 2.75) is 13.0 Å². The van der Waals surface area contributed by atoms with Crippen molar-refractivity contribution >= 4 is 23.4 Å². The maximum Gasteiger partial charge on any atom is 0.387 e. The summed E-state index contributed by atoms with van der Waals surface area (Å²) < 4.78 is 34.4. The van der Waals surface area contributed by atoms with Gasteiger partial charge in [-0.15, -0.1) is 0 Å². The van der Waals surface area contributed by atoms with E-state index in [2.05, 4.69) is 15.4 Å². The Balaban J connectivity index is 2.19. The normalized spacial score (nSPS) is 10.3. The SMILES string of the molecule is COc1ccc(C(=O)Nc2ccccc2C(=O)NCCC(N)=O)cc1OC(F)F. The topological polar surface area (TPSA) is 120 Å². The lowest BCUT2D eigenvalue weighted by Crippen LogP contribution is -2.28. The molecule has 0 bridgehead atoms. The number of nitrogens with two attached hydrogens (primary N) is 1. The van der Waals surface area contributed by atoms with E-state index in [1.165, 1.54) is 31.4 Å². The number of alkyl halides is 2. The maximum atomic E-state index is 12.6. The summed E-state index contributed by atoms with van der Waals surface area (Å²) in [7, 11) is 1.28. The van der Waals surface area contributed by atoms with Crippen molar-refractivity contribution < 1.29 is 32.6 Å². The standard InChI is InChI=1S/C19H19F2N3O5/c1-28-14-7-6-11(10-15(14)29-19(20)21)17(26)24-13-5-3-2-4-12(13)18(27)23-9-8-16(22)25/h2-7,10,19H,8-9H2,1H3,(H2,22,25)(H,23,27)(H,24,26). The Hall–Kier alpha value is -3.69. The van der Waals surface area contributed by atoms with E-state index in [1.54, 1.807) is 12.1 Å². The molecule has 0 aliphatic rings. The Morgan fingerprint density at radius 2 is 1.79 bits per heavy atom. The number of benzene rings is 2. The van der Waals surface area contributed by atoms with Gasteiger partial charge in [-0.3, -0.25) is 14.4 Å². The third-order valence-electron chi connectivity index (χ3n) is 3.72. The highest BCUT2D eigenvalue weighted by atomic mass is 19.3. The molecular weight excluding hydrogens is 388 g/mol. The molecule has 4 N–H and O–H groups in total. The Morgan fingerprint density at radius 3 is 2.45 bits per heavy atom. The predicted octanol–water partition coefficient (Wildman–Crippen LogP) is 2.15. The van der Waals surface area contributed by atoms with Crippen molar-refractivity contribution in [3.05, 3.63) is 53.6 Å². The van der Waals surface area contributed by atoms with Crippen molar-refractivity contribution in [1.82, 2.24) is 5.32 Å². The first-order valence-electron chi connectivity index (χ1n) is 8.41. The highest BCUT2D eigenvalue weighted by molar-refractivity contribution is 6.09. The molecule has 0 aromatic heterocycles. The van der Waals surface area contributed by atoms with Gasteiger partial charge in [-0.25, -0.2) is 0 Å². The third kappa shape index (κ3) is 6.16. The monoisotopic (exact) mass is 407 g/mol. The van der Waals surface area contributed by atoms with Gasteiger partial charge in [0.1, 0.15) is 0 Å². The van der Waals surface area contributed by atoms with Crippen molar-refractivity contribution in [3.63, 3.8) is 0 Å². The number of hydrogen-bond donors (Lipinski definition) is 3. The molecule has 29 heavy (non-hydrogen) atoms. The summed E-state index contributed by atoms with van der Waals surface area (Å²) in [5.41, 5.74) is 5.40. The Bertz CT molecular complexity index is 905. The number of carbonyl (C=O) groups is 3. The molecule has 10 heteroatoms. The van der Waals surface area contributed by atoms with Crippen molar-refractivity contribution in [3.8, 4) is 11.5 Å². The van der Waals surface area contributed by atoms with Crippen LogP contribution in [0.5, 0.6) is 11.5 Å². The number of nitrogens with one attached hydrogen (secondary N) is 2. The lowest BCUT2D eigenvalue weighted by atomic mass is 10.1. The fourth-order valence-corrected chi connectivity index (χ4v) is 2.39. The van der Waals surface area contributed by atoms with Crippen molar-refractivity contribution in [1.29, 1.82) is 0 Å². The summed E-state index contributed by atoms with van der Waals surface area (Å²) in [6, 6.07) is 9.97. The zero-order chi connectivity index (χ0) is 21.4. The number of methoxy groups -OCH3 is 1. The Labute approximate surface area is 165 Å². The lowest BCUT2D eigenvalue weighted by molar-refractivity contribution is -0.117. The molecule has 8 nitrogen and oxygen atoms in total. The molecule has 154 valence electrons. The predicted molar refractivity (Wildman–Crippen MR) is 100 cm³/mol. The molecule has 0 atom stereocenters. The van der Waals surface area contributed by atoms with E-state index in [0.717, 1.165) is 6.07 Å². The summed E-state index contributed by atoms with van der Waals surface area (Å²) in [6.07, 6.45) is -0.0287. The maximum absolute atomic E-state index is 12.6. The molecule has 0 unspecified atom stereocenters. The van der Waals surface area contributed by atoms with Crippen LogP contribution in [0.15, 0.2) is 42.5 Å². The average molecular weight is 407 g/mol. The second-order valence-electron chi connectivity index (χ2n) is 5.72. The van der Waals surface area contributed by atoms with E-state index in [9.17, 15) is 23.2 Å². The minimum absolute atomic E-state index is 0.0189. The molecule has 0 saturated carbocycles. The second kappa shape index (κ2) is 10.0. The van der Waals surface area contributed by atoms with Crippen LogP contribution in [0.1, 0.15) is 27.1 Å². The molecule has 0 radical (unpaired) electrons. The van der Waals surface area contributed by atoms with Gasteiger partial charge in [0.25, 0.3) is 11.8 Å². The van der Waals surface area contributed by atoms with E-state index in [-0.39, 0.29) is 41.3 Å². The van der Waals surface area contributed by atoms with Crippen molar-refractivity contribution in [2.75, 3.05) is 19.0 Å². The highest BCUT2D eigenvalue weighted by Gasteiger charge is 2.17. The number of carbonyl (C=O) groups excluding carboxylic acids is 3. The molecule has 0 saturated heterocycles. The molecule has 0 heterocycles. The smallest absolute Gasteiger partial charge is 0.387 e. The molecule has 3 amide bonds. The fourth-order valence-electron chi connectivity index (χ4n) is 2.39. The van der Waals surface area contributed by atoms with Crippen molar-refractivity contribution in [2.24, 2.45) is 5.73 Å². The first-order valence-corrected chi connectivity index (χ1v) is 8.41. The summed E-state index contributed by atoms with van der Waals surface area (Å²) in [5.74, 6) is -1.99. The molecule has 2 aromatic carbocycles. The molecule has 0 aliphatic heterocycles. The van der Waals surface area contributed by atoms with Gasteiger partial charge in [-0.2, -0.15) is 8.78 Å². The van der Waals surface area contributed by atoms with Gasteiger partial charge in [0.15, 0.2) is 11.5 Å². The van der Waals surface area contributed by atoms with E-state index in [4.69, 9.17) is 10.5 Å². The van der Waals surface area contributed by atoms with Gasteiger partial charge < -0.3 is 25.8 Å². The second-order valence-corrected chi connectivity index (χ2v) is 5.72. The molecular formula is C19H19F2N3O5. The number of para-hydroxylation sites is 1. The van der Waals surface area contributed by atoms with E-state index in [0.29, 0.717) is 0 Å². The lowest BCUT2D eigenvalue weighted by Gasteiger charge is -2.13. The summed E-state index contributed by atoms with van der Waals surface area (Å²) in [4.78, 5) is 35.6. The Kier molecular flexibility index (Phi) is 7.47. The first kappa shape index (κ1) is 21.6. The largest absolute Gasteiger partial charge is 0.493 e. The van der Waals surface area contributed by atoms with Crippen LogP contribution in [0.25, 0.3) is 0 Å². The van der Waals surface area contributed by atoms with E-state index in [1.807, 2.05) is 0 Å². The summed E-state index contributed by atoms with van der Waals surface area (Å²) in [6.45, 7) is -3.05. The van der Waals surface area contributed by atoms with E-state index >= 15 is 0 Å².